The molecule has 174 valence electrons. The molecule has 2 heterocycles. The van der Waals surface area contributed by atoms with E-state index in [4.69, 9.17) is 9.47 Å². The van der Waals surface area contributed by atoms with E-state index in [1.807, 2.05) is 25.1 Å². The van der Waals surface area contributed by atoms with Gasteiger partial charge in [-0.05, 0) is 62.2 Å². The van der Waals surface area contributed by atoms with E-state index in [-0.39, 0.29) is 11.8 Å². The van der Waals surface area contributed by atoms with Crippen LogP contribution in [0, 0.1) is 0 Å². The van der Waals surface area contributed by atoms with Crippen LogP contribution in [0.25, 0.3) is 0 Å². The summed E-state index contributed by atoms with van der Waals surface area (Å²) in [5.41, 5.74) is 2.87. The highest BCUT2D eigenvalue weighted by Crippen LogP contribution is 2.30. The number of methoxy groups -OCH3 is 1. The number of carbonyl (C=O) groups excluding carboxylic acids is 2. The van der Waals surface area contributed by atoms with Crippen LogP contribution in [0.4, 0.5) is 5.69 Å². The number of carbonyl (C=O) groups is 2. The van der Waals surface area contributed by atoms with Gasteiger partial charge in [-0.25, -0.2) is 5.01 Å². The van der Waals surface area contributed by atoms with Crippen LogP contribution >= 0.6 is 0 Å². The van der Waals surface area contributed by atoms with Gasteiger partial charge in [-0.15, -0.1) is 0 Å². The smallest absolute Gasteiger partial charge is 0.276 e. The van der Waals surface area contributed by atoms with Gasteiger partial charge < -0.3 is 14.8 Å². The van der Waals surface area contributed by atoms with Crippen molar-refractivity contribution in [2.24, 2.45) is 5.10 Å². The molecule has 1 aliphatic heterocycles. The minimum atomic E-state index is -0.335. The number of pyridine rings is 1. The molecule has 1 aliphatic rings. The Bertz CT molecular complexity index is 1210. The molecule has 0 aliphatic carbocycles. The second-order valence-corrected chi connectivity index (χ2v) is 7.62. The summed E-state index contributed by atoms with van der Waals surface area (Å²) < 4.78 is 11.1. The summed E-state index contributed by atoms with van der Waals surface area (Å²) in [5.74, 6) is 0.668. The molecule has 3 aromatic rings. The zero-order valence-corrected chi connectivity index (χ0v) is 19.2. The van der Waals surface area contributed by atoms with E-state index in [1.165, 1.54) is 11.2 Å². The highest BCUT2D eigenvalue weighted by atomic mass is 16.5. The number of amides is 2. The lowest BCUT2D eigenvalue weighted by Gasteiger charge is -2.25. The molecular weight excluding hydrogens is 432 g/mol. The van der Waals surface area contributed by atoms with Gasteiger partial charge in [-0.2, -0.15) is 5.10 Å². The lowest BCUT2D eigenvalue weighted by Crippen LogP contribution is -2.33. The second kappa shape index (κ2) is 10.6. The number of rotatable bonds is 7. The van der Waals surface area contributed by atoms with Crippen molar-refractivity contribution < 1.29 is 19.1 Å². The first-order chi connectivity index (χ1) is 16.6. The van der Waals surface area contributed by atoms with Gasteiger partial charge in [0, 0.05) is 24.5 Å². The van der Waals surface area contributed by atoms with Gasteiger partial charge in [0.15, 0.2) is 11.5 Å². The summed E-state index contributed by atoms with van der Waals surface area (Å²) in [6.07, 6.45) is 4.58. The zero-order chi connectivity index (χ0) is 23.9. The SMILES string of the molecule is CCOc1cc(C2=NN(C(=O)c3ccccc3NC(=O)c3cccnc3)CCC2)ccc1OC. The number of para-hydroxylation sites is 1. The van der Waals surface area contributed by atoms with Crippen molar-refractivity contribution in [3.63, 3.8) is 0 Å². The van der Waals surface area contributed by atoms with Gasteiger partial charge in [-0.3, -0.25) is 14.6 Å². The topological polar surface area (TPSA) is 93.1 Å². The molecule has 2 amide bonds. The fourth-order valence-corrected chi connectivity index (χ4v) is 3.72. The molecule has 1 aromatic heterocycles. The van der Waals surface area contributed by atoms with E-state index in [0.717, 1.165) is 24.1 Å². The highest BCUT2D eigenvalue weighted by Gasteiger charge is 2.24. The third kappa shape index (κ3) is 5.06. The predicted octanol–water partition coefficient (Wildman–Crippen LogP) is 4.38. The van der Waals surface area contributed by atoms with Gasteiger partial charge in [0.05, 0.1) is 36.2 Å². The Hall–Kier alpha value is -4.20. The molecule has 0 fully saturated rings. The van der Waals surface area contributed by atoms with Crippen molar-refractivity contribution in [2.45, 2.75) is 19.8 Å². The monoisotopic (exact) mass is 458 g/mol. The molecular formula is C26H26N4O4. The minimum absolute atomic E-state index is 0.280. The van der Waals surface area contributed by atoms with Crippen LogP contribution in [-0.4, -0.2) is 47.8 Å². The Morgan fingerprint density at radius 2 is 1.94 bits per heavy atom. The molecule has 8 nitrogen and oxygen atoms in total. The van der Waals surface area contributed by atoms with Crippen molar-refractivity contribution in [1.29, 1.82) is 0 Å². The van der Waals surface area contributed by atoms with Crippen molar-refractivity contribution in [2.75, 3.05) is 25.6 Å². The van der Waals surface area contributed by atoms with Crippen LogP contribution in [-0.2, 0) is 0 Å². The number of nitrogens with zero attached hydrogens (tertiary/aromatic N) is 3. The van der Waals surface area contributed by atoms with Gasteiger partial charge >= 0.3 is 0 Å². The van der Waals surface area contributed by atoms with Crippen LogP contribution < -0.4 is 14.8 Å². The summed E-state index contributed by atoms with van der Waals surface area (Å²) in [4.78, 5) is 30.0. The lowest BCUT2D eigenvalue weighted by atomic mass is 10.0. The molecule has 0 unspecified atom stereocenters. The molecule has 1 N–H and O–H groups in total. The molecule has 0 saturated carbocycles. The largest absolute Gasteiger partial charge is 0.493 e. The van der Waals surface area contributed by atoms with Crippen molar-refractivity contribution >= 4 is 23.2 Å². The van der Waals surface area contributed by atoms with E-state index in [0.29, 0.717) is 41.5 Å². The summed E-state index contributed by atoms with van der Waals surface area (Å²) in [6.45, 7) is 2.91. The van der Waals surface area contributed by atoms with E-state index < -0.39 is 0 Å². The number of aromatic nitrogens is 1. The molecule has 34 heavy (non-hydrogen) atoms. The molecule has 0 bridgehead atoms. The molecule has 4 rings (SSSR count). The van der Waals surface area contributed by atoms with Crippen LogP contribution in [0.1, 0.15) is 46.0 Å². The van der Waals surface area contributed by atoms with Crippen molar-refractivity contribution in [3.05, 3.63) is 83.7 Å². The Balaban J connectivity index is 1.59. The number of benzene rings is 2. The Kier molecular flexibility index (Phi) is 7.17. The second-order valence-electron chi connectivity index (χ2n) is 7.62. The summed E-state index contributed by atoms with van der Waals surface area (Å²) in [5, 5.41) is 8.92. The van der Waals surface area contributed by atoms with E-state index >= 15 is 0 Å². The average Bonchev–Trinajstić information content (AvgIpc) is 2.89. The normalized spacial score (nSPS) is 13.1. The third-order valence-electron chi connectivity index (χ3n) is 5.39. The van der Waals surface area contributed by atoms with Crippen molar-refractivity contribution in [1.82, 2.24) is 9.99 Å². The molecule has 2 aromatic carbocycles. The first-order valence-electron chi connectivity index (χ1n) is 11.1. The molecule has 0 atom stereocenters. The van der Waals surface area contributed by atoms with E-state index in [1.54, 1.807) is 49.7 Å². The van der Waals surface area contributed by atoms with Gasteiger partial charge in [0.1, 0.15) is 0 Å². The number of hydrogen-bond donors (Lipinski definition) is 1. The average molecular weight is 459 g/mol. The Morgan fingerprint density at radius 1 is 1.09 bits per heavy atom. The number of anilines is 1. The van der Waals surface area contributed by atoms with Gasteiger partial charge in [0.25, 0.3) is 11.8 Å². The summed E-state index contributed by atoms with van der Waals surface area (Å²) in [7, 11) is 1.60. The maximum atomic E-state index is 13.4. The van der Waals surface area contributed by atoms with Crippen LogP contribution in [0.2, 0.25) is 0 Å². The first-order valence-corrected chi connectivity index (χ1v) is 11.1. The van der Waals surface area contributed by atoms with Crippen molar-refractivity contribution in [3.8, 4) is 11.5 Å². The zero-order valence-electron chi connectivity index (χ0n) is 19.2. The van der Waals surface area contributed by atoms with Crippen LogP contribution in [0.5, 0.6) is 11.5 Å². The number of nitrogens with one attached hydrogen (secondary N) is 1. The van der Waals surface area contributed by atoms with Gasteiger partial charge in [-0.1, -0.05) is 12.1 Å². The molecule has 0 saturated heterocycles. The van der Waals surface area contributed by atoms with Crippen LogP contribution in [0.3, 0.4) is 0 Å². The molecule has 0 radical (unpaired) electrons. The van der Waals surface area contributed by atoms with Gasteiger partial charge in [0.2, 0.25) is 0 Å². The summed E-state index contributed by atoms with van der Waals surface area (Å²) >= 11 is 0. The van der Waals surface area contributed by atoms with E-state index in [2.05, 4.69) is 15.4 Å². The standard InChI is InChI=1S/C26H26N4O4/c1-3-34-24-16-18(12-13-23(24)33-2)21-11-7-15-30(29-21)26(32)20-9-4-5-10-22(20)28-25(31)19-8-6-14-27-17-19/h4-6,8-10,12-14,16-17H,3,7,11,15H2,1-2H3,(H,28,31). The Labute approximate surface area is 198 Å². The Morgan fingerprint density at radius 3 is 2.71 bits per heavy atom. The fourth-order valence-electron chi connectivity index (χ4n) is 3.72. The first kappa shape index (κ1) is 23.0. The molecule has 0 spiro atoms. The quantitative estimate of drug-likeness (QED) is 0.567. The molecule has 8 heteroatoms. The third-order valence-corrected chi connectivity index (χ3v) is 5.39. The predicted molar refractivity (Wildman–Crippen MR) is 130 cm³/mol. The number of ether oxygens (including phenoxy) is 2. The fraction of sp³-hybridized carbons (Fsp3) is 0.231. The number of hydrogen-bond acceptors (Lipinski definition) is 6. The van der Waals surface area contributed by atoms with Crippen LogP contribution in [0.15, 0.2) is 72.1 Å². The summed E-state index contributed by atoms with van der Waals surface area (Å²) in [6, 6.07) is 15.9. The van der Waals surface area contributed by atoms with E-state index in [9.17, 15) is 9.59 Å². The highest BCUT2D eigenvalue weighted by molar-refractivity contribution is 6.09. The lowest BCUT2D eigenvalue weighted by molar-refractivity contribution is 0.0752. The minimum Gasteiger partial charge on any atom is -0.493 e. The maximum absolute atomic E-state index is 13.4. The maximum Gasteiger partial charge on any atom is 0.276 e. The number of hydrazone groups is 1.